The van der Waals surface area contributed by atoms with Gasteiger partial charge in [-0.3, -0.25) is 9.78 Å². The highest BCUT2D eigenvalue weighted by molar-refractivity contribution is 6.74. The number of rotatable bonds is 8. The zero-order valence-electron chi connectivity index (χ0n) is 21.7. The zero-order valence-corrected chi connectivity index (χ0v) is 22.7. The number of pyridine rings is 2. The maximum atomic E-state index is 12.9. The van der Waals surface area contributed by atoms with E-state index in [0.29, 0.717) is 6.54 Å². The maximum absolute atomic E-state index is 12.9. The van der Waals surface area contributed by atoms with Crippen LogP contribution in [0.25, 0.3) is 10.9 Å². The first-order valence-corrected chi connectivity index (χ1v) is 15.2. The molecule has 0 atom stereocenters. The van der Waals surface area contributed by atoms with E-state index in [1.54, 1.807) is 6.07 Å². The first-order valence-electron chi connectivity index (χ1n) is 12.3. The fourth-order valence-corrected chi connectivity index (χ4v) is 4.99. The molecule has 0 fully saturated rings. The standard InChI is InChI=1S/C28H40N2O2Si/c1-9-12-21-17-20(13-15-26(21)32-33(7,8)28(4,5)6)19-30-25-18-22(10-2)29-24(11-3)23(25)14-16-27(30)31/h13-18H,9-12,19H2,1-8H3. The van der Waals surface area contributed by atoms with Gasteiger partial charge in [0.25, 0.3) is 5.56 Å². The van der Waals surface area contributed by atoms with E-state index < -0.39 is 8.32 Å². The topological polar surface area (TPSA) is 44.1 Å². The van der Waals surface area contributed by atoms with Crippen molar-refractivity contribution in [2.24, 2.45) is 0 Å². The molecule has 0 unspecified atom stereocenters. The van der Waals surface area contributed by atoms with Crippen molar-refractivity contribution in [1.29, 1.82) is 0 Å². The lowest BCUT2D eigenvalue weighted by atomic mass is 10.0. The molecule has 5 heteroatoms. The van der Waals surface area contributed by atoms with Crippen LogP contribution in [0.3, 0.4) is 0 Å². The third-order valence-electron chi connectivity index (χ3n) is 6.97. The van der Waals surface area contributed by atoms with Gasteiger partial charge in [0, 0.05) is 22.8 Å². The van der Waals surface area contributed by atoms with Crippen molar-refractivity contribution in [3.8, 4) is 5.75 Å². The number of fused-ring (bicyclic) bond motifs is 1. The summed E-state index contributed by atoms with van der Waals surface area (Å²) in [6.07, 6.45) is 3.72. The van der Waals surface area contributed by atoms with Crippen LogP contribution in [0.2, 0.25) is 18.1 Å². The molecule has 0 N–H and O–H groups in total. The van der Waals surface area contributed by atoms with Gasteiger partial charge >= 0.3 is 0 Å². The summed E-state index contributed by atoms with van der Waals surface area (Å²) in [5.41, 5.74) is 5.45. The summed E-state index contributed by atoms with van der Waals surface area (Å²) in [5, 5.41) is 1.22. The first-order chi connectivity index (χ1) is 15.5. The van der Waals surface area contributed by atoms with E-state index in [4.69, 9.17) is 9.41 Å². The second kappa shape index (κ2) is 9.84. The summed E-state index contributed by atoms with van der Waals surface area (Å²) in [5.74, 6) is 1.00. The number of aryl methyl sites for hydroxylation is 3. The molecule has 0 amide bonds. The lowest BCUT2D eigenvalue weighted by molar-refractivity contribution is 0.486. The molecule has 0 bridgehead atoms. The zero-order chi connectivity index (χ0) is 24.4. The molecule has 3 rings (SSSR count). The van der Waals surface area contributed by atoms with Crippen LogP contribution in [-0.4, -0.2) is 17.9 Å². The lowest BCUT2D eigenvalue weighted by Crippen LogP contribution is -2.44. The Bertz CT molecular complexity index is 1190. The van der Waals surface area contributed by atoms with E-state index in [1.807, 2.05) is 10.6 Å². The van der Waals surface area contributed by atoms with Crippen molar-refractivity contribution in [2.45, 2.75) is 91.9 Å². The number of benzene rings is 1. The van der Waals surface area contributed by atoms with Crippen LogP contribution in [0, 0.1) is 0 Å². The Hall–Kier alpha value is -2.40. The third kappa shape index (κ3) is 5.40. The highest BCUT2D eigenvalue weighted by Crippen LogP contribution is 2.38. The summed E-state index contributed by atoms with van der Waals surface area (Å²) >= 11 is 0. The minimum absolute atomic E-state index is 0.0245. The predicted octanol–water partition coefficient (Wildman–Crippen LogP) is 6.91. The normalized spacial score (nSPS) is 12.4. The highest BCUT2D eigenvalue weighted by atomic mass is 28.4. The highest BCUT2D eigenvalue weighted by Gasteiger charge is 2.39. The van der Waals surface area contributed by atoms with E-state index in [9.17, 15) is 4.79 Å². The quantitative estimate of drug-likeness (QED) is 0.340. The molecule has 3 aromatic rings. The van der Waals surface area contributed by atoms with Gasteiger partial charge in [-0.15, -0.1) is 0 Å². The Morgan fingerprint density at radius 1 is 1.00 bits per heavy atom. The number of hydrogen-bond donors (Lipinski definition) is 0. The molecule has 0 aliphatic rings. The van der Waals surface area contributed by atoms with Gasteiger partial charge in [-0.05, 0) is 66.7 Å². The Kier molecular flexibility index (Phi) is 7.52. The molecule has 0 saturated heterocycles. The molecule has 33 heavy (non-hydrogen) atoms. The molecule has 0 saturated carbocycles. The maximum Gasteiger partial charge on any atom is 0.251 e. The van der Waals surface area contributed by atoms with Gasteiger partial charge in [-0.1, -0.05) is 60.1 Å². The third-order valence-corrected chi connectivity index (χ3v) is 11.3. The smallest absolute Gasteiger partial charge is 0.251 e. The second-order valence-corrected chi connectivity index (χ2v) is 15.2. The summed E-state index contributed by atoms with van der Waals surface area (Å²) in [4.78, 5) is 17.7. The molecule has 4 nitrogen and oxygen atoms in total. The van der Waals surface area contributed by atoms with Crippen LogP contribution in [0.1, 0.15) is 70.5 Å². The number of aromatic nitrogens is 2. The van der Waals surface area contributed by atoms with Gasteiger partial charge in [0.2, 0.25) is 8.32 Å². The van der Waals surface area contributed by atoms with Gasteiger partial charge in [0.05, 0.1) is 12.1 Å². The van der Waals surface area contributed by atoms with Crippen molar-refractivity contribution in [3.63, 3.8) is 0 Å². The first kappa shape index (κ1) is 25.2. The SMILES string of the molecule is CCCc1cc(Cn2c(=O)ccc3c(CC)nc(CC)cc32)ccc1O[Si](C)(C)C(C)(C)C. The van der Waals surface area contributed by atoms with Gasteiger partial charge in [-0.2, -0.15) is 0 Å². The molecule has 178 valence electrons. The number of nitrogens with zero attached hydrogens (tertiary/aromatic N) is 2. The minimum atomic E-state index is -1.93. The fourth-order valence-electron chi connectivity index (χ4n) is 3.94. The average Bonchev–Trinajstić information content (AvgIpc) is 2.75. The summed E-state index contributed by atoms with van der Waals surface area (Å²) in [7, 11) is -1.93. The molecular weight excluding hydrogens is 424 g/mol. The van der Waals surface area contributed by atoms with Crippen LogP contribution >= 0.6 is 0 Å². The van der Waals surface area contributed by atoms with E-state index in [0.717, 1.165) is 59.3 Å². The summed E-state index contributed by atoms with van der Waals surface area (Å²) < 4.78 is 8.57. The fraction of sp³-hybridized carbons (Fsp3) is 0.500. The molecular formula is C28H40N2O2Si. The van der Waals surface area contributed by atoms with Crippen LogP contribution in [-0.2, 0) is 25.8 Å². The molecule has 2 heterocycles. The Labute approximate surface area is 200 Å². The molecule has 0 spiro atoms. The molecule has 2 aromatic heterocycles. The van der Waals surface area contributed by atoms with Crippen LogP contribution < -0.4 is 9.99 Å². The molecule has 0 radical (unpaired) electrons. The van der Waals surface area contributed by atoms with Crippen molar-refractivity contribution in [2.75, 3.05) is 0 Å². The molecule has 0 aliphatic heterocycles. The van der Waals surface area contributed by atoms with Crippen molar-refractivity contribution in [1.82, 2.24) is 9.55 Å². The summed E-state index contributed by atoms with van der Waals surface area (Å²) in [6.45, 7) is 18.4. The van der Waals surface area contributed by atoms with Gasteiger partial charge in [0.1, 0.15) is 5.75 Å². The van der Waals surface area contributed by atoms with Gasteiger partial charge in [-0.25, -0.2) is 0 Å². The van der Waals surface area contributed by atoms with Gasteiger partial charge in [0.15, 0.2) is 0 Å². The Morgan fingerprint density at radius 3 is 2.33 bits per heavy atom. The number of hydrogen-bond acceptors (Lipinski definition) is 3. The Balaban J connectivity index is 2.06. The molecule has 1 aromatic carbocycles. The average molecular weight is 465 g/mol. The van der Waals surface area contributed by atoms with Crippen molar-refractivity contribution in [3.05, 3.63) is 69.3 Å². The van der Waals surface area contributed by atoms with Crippen LogP contribution in [0.4, 0.5) is 0 Å². The van der Waals surface area contributed by atoms with Crippen molar-refractivity contribution < 1.29 is 4.43 Å². The van der Waals surface area contributed by atoms with Crippen molar-refractivity contribution >= 4 is 19.2 Å². The Morgan fingerprint density at radius 2 is 1.73 bits per heavy atom. The van der Waals surface area contributed by atoms with E-state index in [2.05, 4.69) is 78.9 Å². The lowest BCUT2D eigenvalue weighted by Gasteiger charge is -2.37. The predicted molar refractivity (Wildman–Crippen MR) is 142 cm³/mol. The summed E-state index contributed by atoms with van der Waals surface area (Å²) in [6, 6.07) is 12.2. The van der Waals surface area contributed by atoms with E-state index >= 15 is 0 Å². The van der Waals surface area contributed by atoms with Gasteiger partial charge < -0.3 is 8.99 Å². The molecule has 0 aliphatic carbocycles. The van der Waals surface area contributed by atoms with E-state index in [1.165, 1.54) is 5.56 Å². The largest absolute Gasteiger partial charge is 0.543 e. The monoisotopic (exact) mass is 464 g/mol. The second-order valence-electron chi connectivity index (χ2n) is 10.5. The minimum Gasteiger partial charge on any atom is -0.543 e. The van der Waals surface area contributed by atoms with E-state index in [-0.39, 0.29) is 10.6 Å². The van der Waals surface area contributed by atoms with Crippen LogP contribution in [0.5, 0.6) is 5.75 Å². The van der Waals surface area contributed by atoms with Crippen LogP contribution in [0.15, 0.2) is 41.2 Å².